The van der Waals surface area contributed by atoms with Crippen LogP contribution in [0.2, 0.25) is 0 Å². The number of benzene rings is 1. The van der Waals surface area contributed by atoms with Crippen molar-refractivity contribution in [3.63, 3.8) is 0 Å². The molecule has 1 aromatic heterocycles. The quantitative estimate of drug-likeness (QED) is 0.623. The van der Waals surface area contributed by atoms with Gasteiger partial charge in [-0.25, -0.2) is 18.0 Å². The highest BCUT2D eigenvalue weighted by molar-refractivity contribution is 7.89. The zero-order chi connectivity index (χ0) is 21.0. The minimum Gasteiger partial charge on any atom is -0.495 e. The molecule has 9 nitrogen and oxygen atoms in total. The van der Waals surface area contributed by atoms with Crippen LogP contribution >= 0.6 is 0 Å². The number of nitrogens with zero attached hydrogens (tertiary/aromatic N) is 1. The topological polar surface area (TPSA) is 112 Å². The van der Waals surface area contributed by atoms with Crippen molar-refractivity contribution in [1.29, 1.82) is 0 Å². The molecule has 10 heteroatoms. The van der Waals surface area contributed by atoms with E-state index in [1.165, 1.54) is 48.9 Å². The third-order valence-electron chi connectivity index (χ3n) is 4.48. The largest absolute Gasteiger partial charge is 0.495 e. The Labute approximate surface area is 168 Å². The van der Waals surface area contributed by atoms with Crippen molar-refractivity contribution in [2.75, 3.05) is 27.3 Å². The summed E-state index contributed by atoms with van der Waals surface area (Å²) in [5, 5.41) is 0. The zero-order valence-corrected chi connectivity index (χ0v) is 16.9. The number of hydrogen-bond acceptors (Lipinski definition) is 8. The van der Waals surface area contributed by atoms with E-state index in [-0.39, 0.29) is 34.3 Å². The van der Waals surface area contributed by atoms with Gasteiger partial charge in [0.15, 0.2) is 0 Å². The molecule has 0 radical (unpaired) electrons. The number of carbonyl (C=O) groups is 2. The van der Waals surface area contributed by atoms with Crippen LogP contribution < -0.4 is 4.74 Å². The van der Waals surface area contributed by atoms with Crippen molar-refractivity contribution in [2.24, 2.45) is 0 Å². The van der Waals surface area contributed by atoms with Gasteiger partial charge < -0.3 is 18.6 Å². The average Bonchev–Trinajstić information content (AvgIpc) is 3.43. The van der Waals surface area contributed by atoms with Crippen LogP contribution in [-0.2, 0) is 26.1 Å². The molecule has 1 aromatic carbocycles. The van der Waals surface area contributed by atoms with Crippen LogP contribution in [0.1, 0.15) is 39.5 Å². The Morgan fingerprint density at radius 2 is 1.79 bits per heavy atom. The Bertz CT molecular complexity index is 1000. The van der Waals surface area contributed by atoms with E-state index in [1.807, 2.05) is 0 Å². The highest BCUT2D eigenvalue weighted by Crippen LogP contribution is 2.30. The van der Waals surface area contributed by atoms with Crippen LogP contribution in [0.15, 0.2) is 39.6 Å². The Morgan fingerprint density at radius 1 is 1.07 bits per heavy atom. The van der Waals surface area contributed by atoms with E-state index >= 15 is 0 Å². The van der Waals surface area contributed by atoms with Crippen molar-refractivity contribution < 1.29 is 36.6 Å². The minimum absolute atomic E-state index is 0.0120. The van der Waals surface area contributed by atoms with Gasteiger partial charge in [0.2, 0.25) is 15.8 Å². The normalized spacial score (nSPS) is 14.6. The number of carbonyl (C=O) groups excluding carboxylic acids is 2. The molecule has 0 unspecified atom stereocenters. The fourth-order valence-electron chi connectivity index (χ4n) is 2.96. The number of rotatable bonds is 7. The lowest BCUT2D eigenvalue weighted by Gasteiger charge is -2.18. The molecule has 1 aliphatic heterocycles. The van der Waals surface area contributed by atoms with Gasteiger partial charge in [-0.15, -0.1) is 0 Å². The summed E-state index contributed by atoms with van der Waals surface area (Å²) < 4.78 is 47.3. The van der Waals surface area contributed by atoms with Crippen LogP contribution in [0.3, 0.4) is 0 Å². The lowest BCUT2D eigenvalue weighted by atomic mass is 10.2. The van der Waals surface area contributed by atoms with Crippen LogP contribution in [0.5, 0.6) is 5.75 Å². The van der Waals surface area contributed by atoms with Crippen molar-refractivity contribution in [1.82, 2.24) is 4.31 Å². The van der Waals surface area contributed by atoms with Crippen LogP contribution in [-0.4, -0.2) is 52.0 Å². The number of ether oxygens (including phenoxy) is 3. The first-order valence-corrected chi connectivity index (χ1v) is 10.3. The van der Waals surface area contributed by atoms with Gasteiger partial charge in [0.1, 0.15) is 23.0 Å². The maximum absolute atomic E-state index is 12.9. The molecule has 29 heavy (non-hydrogen) atoms. The predicted molar refractivity (Wildman–Crippen MR) is 100 cm³/mol. The summed E-state index contributed by atoms with van der Waals surface area (Å²) in [5.74, 6) is -0.989. The van der Waals surface area contributed by atoms with Gasteiger partial charge in [-0.1, -0.05) is 0 Å². The second-order valence-corrected chi connectivity index (χ2v) is 8.22. The van der Waals surface area contributed by atoms with E-state index in [1.54, 1.807) is 0 Å². The molecular weight excluding hydrogens is 402 g/mol. The summed E-state index contributed by atoms with van der Waals surface area (Å²) >= 11 is 0. The fourth-order valence-corrected chi connectivity index (χ4v) is 4.66. The van der Waals surface area contributed by atoms with E-state index in [0.29, 0.717) is 13.1 Å². The first-order chi connectivity index (χ1) is 13.9. The Hall–Kier alpha value is -2.85. The van der Waals surface area contributed by atoms with E-state index in [4.69, 9.17) is 13.9 Å². The molecule has 1 fully saturated rings. The molecule has 3 rings (SSSR count). The molecule has 2 heterocycles. The molecule has 0 bridgehead atoms. The third-order valence-corrected chi connectivity index (χ3v) is 6.40. The summed E-state index contributed by atoms with van der Waals surface area (Å²) in [6.45, 7) is 0.637. The molecular formula is C19H21NO8S. The summed E-state index contributed by atoms with van der Waals surface area (Å²) in [6, 6.07) is 6.98. The lowest BCUT2D eigenvalue weighted by molar-refractivity contribution is 0.0438. The summed E-state index contributed by atoms with van der Waals surface area (Å²) in [6.07, 6.45) is 1.58. The smallest absolute Gasteiger partial charge is 0.373 e. The monoisotopic (exact) mass is 423 g/mol. The molecule has 0 spiro atoms. The van der Waals surface area contributed by atoms with E-state index in [9.17, 15) is 18.0 Å². The summed E-state index contributed by atoms with van der Waals surface area (Å²) in [4.78, 5) is 23.7. The maximum atomic E-state index is 12.9. The molecule has 0 atom stereocenters. The Kier molecular flexibility index (Phi) is 6.23. The second-order valence-electron chi connectivity index (χ2n) is 6.31. The Balaban J connectivity index is 1.77. The van der Waals surface area contributed by atoms with E-state index in [0.717, 1.165) is 12.8 Å². The second kappa shape index (κ2) is 8.66. The minimum atomic E-state index is -3.78. The summed E-state index contributed by atoms with van der Waals surface area (Å²) in [7, 11) is -1.19. The highest BCUT2D eigenvalue weighted by atomic mass is 32.2. The molecule has 156 valence electrons. The maximum Gasteiger partial charge on any atom is 0.373 e. The predicted octanol–water partition coefficient (Wildman–Crippen LogP) is 2.22. The number of hydrogen-bond donors (Lipinski definition) is 0. The Morgan fingerprint density at radius 3 is 2.45 bits per heavy atom. The van der Waals surface area contributed by atoms with Crippen molar-refractivity contribution in [3.8, 4) is 5.75 Å². The lowest BCUT2D eigenvalue weighted by Crippen LogP contribution is -2.28. The molecule has 0 amide bonds. The van der Waals surface area contributed by atoms with E-state index in [2.05, 4.69) is 4.74 Å². The van der Waals surface area contributed by atoms with Gasteiger partial charge >= 0.3 is 11.9 Å². The third kappa shape index (κ3) is 4.43. The molecule has 0 N–H and O–H groups in total. The first kappa shape index (κ1) is 20.9. The number of esters is 2. The van der Waals surface area contributed by atoms with Gasteiger partial charge in [0.05, 0.1) is 19.8 Å². The number of sulfonamides is 1. The van der Waals surface area contributed by atoms with Crippen LogP contribution in [0, 0.1) is 0 Å². The van der Waals surface area contributed by atoms with Crippen molar-refractivity contribution in [3.05, 3.63) is 47.4 Å². The van der Waals surface area contributed by atoms with Gasteiger partial charge in [-0.3, -0.25) is 0 Å². The molecule has 1 saturated heterocycles. The molecule has 0 aliphatic carbocycles. The van der Waals surface area contributed by atoms with Gasteiger partial charge in [-0.05, 0) is 43.2 Å². The van der Waals surface area contributed by atoms with Crippen molar-refractivity contribution in [2.45, 2.75) is 24.3 Å². The van der Waals surface area contributed by atoms with Crippen LogP contribution in [0.4, 0.5) is 0 Å². The van der Waals surface area contributed by atoms with Crippen LogP contribution in [0.25, 0.3) is 0 Å². The molecule has 0 saturated carbocycles. The van der Waals surface area contributed by atoms with Crippen molar-refractivity contribution >= 4 is 22.0 Å². The molecule has 1 aliphatic rings. The van der Waals surface area contributed by atoms with Gasteiger partial charge in [0, 0.05) is 13.1 Å². The molecule has 2 aromatic rings. The van der Waals surface area contributed by atoms with Gasteiger partial charge in [-0.2, -0.15) is 4.31 Å². The highest BCUT2D eigenvalue weighted by Gasteiger charge is 2.31. The number of methoxy groups -OCH3 is 2. The zero-order valence-electron chi connectivity index (χ0n) is 16.0. The van der Waals surface area contributed by atoms with E-state index < -0.39 is 22.0 Å². The standard InChI is InChI=1S/C19H21NO8S/c1-25-15-7-5-13(11-17(15)29(23,24)20-9-3-4-10-20)18(21)27-12-14-6-8-16(28-14)19(22)26-2/h5-8,11H,3-4,9-10,12H2,1-2H3. The fraction of sp³-hybridized carbons (Fsp3) is 0.368. The SMILES string of the molecule is COC(=O)c1ccc(COC(=O)c2ccc(OC)c(S(=O)(=O)N3CCCC3)c2)o1. The average molecular weight is 423 g/mol. The summed E-state index contributed by atoms with van der Waals surface area (Å²) in [5.41, 5.74) is 0.0586. The van der Waals surface area contributed by atoms with Gasteiger partial charge in [0.25, 0.3) is 0 Å². The first-order valence-electron chi connectivity index (χ1n) is 8.89. The number of furan rings is 1.